The first-order valence-corrected chi connectivity index (χ1v) is 9.23. The lowest BCUT2D eigenvalue weighted by molar-refractivity contribution is 0.0653. The summed E-state index contributed by atoms with van der Waals surface area (Å²) in [6, 6.07) is 13.0. The number of ether oxygens (including phenoxy) is 1. The fraction of sp³-hybridized carbons (Fsp3) is 0.286. The number of amides is 1. The van der Waals surface area contributed by atoms with Gasteiger partial charge in [-0.1, -0.05) is 12.1 Å². The van der Waals surface area contributed by atoms with Gasteiger partial charge in [0.25, 0.3) is 5.91 Å². The zero-order chi connectivity index (χ0) is 19.3. The summed E-state index contributed by atoms with van der Waals surface area (Å²) >= 11 is 0. The van der Waals surface area contributed by atoms with Crippen LogP contribution in [0.5, 0.6) is 5.88 Å². The van der Waals surface area contributed by atoms with E-state index in [0.29, 0.717) is 42.8 Å². The third-order valence-electron chi connectivity index (χ3n) is 4.92. The molecule has 0 aliphatic carbocycles. The summed E-state index contributed by atoms with van der Waals surface area (Å²) in [5.41, 5.74) is 2.31. The van der Waals surface area contributed by atoms with Crippen LogP contribution in [0.15, 0.2) is 48.8 Å². The Kier molecular flexibility index (Phi) is 5.11. The summed E-state index contributed by atoms with van der Waals surface area (Å²) in [5, 5.41) is 9.10. The molecular weight excluding hydrogens is 354 g/mol. The SMILES string of the molecule is N#Cc1cccnc1OCC1CCN(C(=O)c2cnc3ccccc3n2)CC1. The van der Waals surface area contributed by atoms with Crippen LogP contribution in [0.3, 0.4) is 0 Å². The lowest BCUT2D eigenvalue weighted by Crippen LogP contribution is -2.40. The summed E-state index contributed by atoms with van der Waals surface area (Å²) in [4.78, 5) is 27.5. The standard InChI is InChI=1S/C21H19N5O2/c22-12-16-4-3-9-23-20(16)28-14-15-7-10-26(11-8-15)21(27)19-13-24-17-5-1-2-6-18(17)25-19/h1-6,9,13,15H,7-8,10-11,14H2. The second-order valence-electron chi connectivity index (χ2n) is 6.76. The molecule has 0 radical (unpaired) electrons. The van der Waals surface area contributed by atoms with Gasteiger partial charge in [0.1, 0.15) is 17.3 Å². The Hall–Kier alpha value is -3.53. The van der Waals surface area contributed by atoms with E-state index in [2.05, 4.69) is 21.0 Å². The van der Waals surface area contributed by atoms with Crippen LogP contribution in [0.2, 0.25) is 0 Å². The number of nitriles is 1. The van der Waals surface area contributed by atoms with Gasteiger partial charge in [-0.05, 0) is 43.0 Å². The van der Waals surface area contributed by atoms with Crippen molar-refractivity contribution in [2.75, 3.05) is 19.7 Å². The second-order valence-corrected chi connectivity index (χ2v) is 6.76. The minimum atomic E-state index is -0.0888. The van der Waals surface area contributed by atoms with Gasteiger partial charge in [-0.25, -0.2) is 9.97 Å². The van der Waals surface area contributed by atoms with Gasteiger partial charge in [-0.3, -0.25) is 9.78 Å². The summed E-state index contributed by atoms with van der Waals surface area (Å²) < 4.78 is 5.74. The smallest absolute Gasteiger partial charge is 0.274 e. The highest BCUT2D eigenvalue weighted by Gasteiger charge is 2.25. The van der Waals surface area contributed by atoms with Gasteiger partial charge in [-0.2, -0.15) is 5.26 Å². The van der Waals surface area contributed by atoms with Crippen molar-refractivity contribution in [1.82, 2.24) is 19.9 Å². The maximum absolute atomic E-state index is 12.8. The van der Waals surface area contributed by atoms with Crippen LogP contribution in [0.4, 0.5) is 0 Å². The third kappa shape index (κ3) is 3.76. The van der Waals surface area contributed by atoms with E-state index in [1.807, 2.05) is 29.2 Å². The van der Waals surface area contributed by atoms with Gasteiger partial charge in [0.05, 0.1) is 23.8 Å². The summed E-state index contributed by atoms with van der Waals surface area (Å²) in [7, 11) is 0. The first-order valence-electron chi connectivity index (χ1n) is 9.23. The van der Waals surface area contributed by atoms with Crippen LogP contribution < -0.4 is 4.74 Å². The molecule has 28 heavy (non-hydrogen) atoms. The first-order chi connectivity index (χ1) is 13.7. The minimum absolute atomic E-state index is 0.0888. The number of carbonyl (C=O) groups excluding carboxylic acids is 1. The number of benzene rings is 1. The number of hydrogen-bond acceptors (Lipinski definition) is 6. The average Bonchev–Trinajstić information content (AvgIpc) is 2.77. The van der Waals surface area contributed by atoms with Crippen LogP contribution in [-0.4, -0.2) is 45.5 Å². The number of nitrogens with zero attached hydrogens (tertiary/aromatic N) is 5. The molecule has 7 heteroatoms. The van der Waals surface area contributed by atoms with Gasteiger partial charge in [0.2, 0.25) is 5.88 Å². The quantitative estimate of drug-likeness (QED) is 0.698. The number of para-hydroxylation sites is 2. The van der Waals surface area contributed by atoms with E-state index in [0.717, 1.165) is 23.9 Å². The second kappa shape index (κ2) is 8.01. The Balaban J connectivity index is 1.34. The predicted molar refractivity (Wildman–Crippen MR) is 103 cm³/mol. The summed E-state index contributed by atoms with van der Waals surface area (Å²) in [5.74, 6) is 0.601. The number of fused-ring (bicyclic) bond motifs is 1. The number of piperidine rings is 1. The maximum Gasteiger partial charge on any atom is 0.274 e. The molecule has 1 amide bonds. The third-order valence-corrected chi connectivity index (χ3v) is 4.92. The van der Waals surface area contributed by atoms with Gasteiger partial charge < -0.3 is 9.64 Å². The van der Waals surface area contributed by atoms with E-state index in [-0.39, 0.29) is 5.91 Å². The van der Waals surface area contributed by atoms with Crippen LogP contribution in [0, 0.1) is 17.2 Å². The van der Waals surface area contributed by atoms with Crippen molar-refractivity contribution in [3.05, 3.63) is 60.0 Å². The normalized spacial score (nSPS) is 14.6. The molecule has 0 atom stereocenters. The zero-order valence-electron chi connectivity index (χ0n) is 15.3. The highest BCUT2D eigenvalue weighted by molar-refractivity contribution is 5.93. The van der Waals surface area contributed by atoms with Gasteiger partial charge >= 0.3 is 0 Å². The highest BCUT2D eigenvalue weighted by atomic mass is 16.5. The lowest BCUT2D eigenvalue weighted by atomic mass is 9.97. The molecule has 0 spiro atoms. The monoisotopic (exact) mass is 373 g/mol. The zero-order valence-corrected chi connectivity index (χ0v) is 15.3. The molecule has 1 saturated heterocycles. The molecule has 0 bridgehead atoms. The molecule has 0 N–H and O–H groups in total. The van der Waals surface area contributed by atoms with Gasteiger partial charge in [0.15, 0.2) is 0 Å². The molecule has 7 nitrogen and oxygen atoms in total. The Morgan fingerprint density at radius 1 is 1.14 bits per heavy atom. The number of aromatic nitrogens is 3. The Bertz CT molecular complexity index is 1040. The first kappa shape index (κ1) is 17.9. The summed E-state index contributed by atoms with van der Waals surface area (Å²) in [6.45, 7) is 1.78. The van der Waals surface area contributed by atoms with Crippen LogP contribution in [0.1, 0.15) is 28.9 Å². The largest absolute Gasteiger partial charge is 0.476 e. The number of rotatable bonds is 4. The molecular formula is C21H19N5O2. The molecule has 4 rings (SSSR count). The minimum Gasteiger partial charge on any atom is -0.476 e. The van der Waals surface area contributed by atoms with E-state index in [4.69, 9.17) is 10.00 Å². The number of carbonyl (C=O) groups is 1. The molecule has 0 saturated carbocycles. The van der Waals surface area contributed by atoms with Crippen molar-refractivity contribution in [1.29, 1.82) is 5.26 Å². The molecule has 140 valence electrons. The van der Waals surface area contributed by atoms with Crippen molar-refractivity contribution in [2.45, 2.75) is 12.8 Å². The maximum atomic E-state index is 12.8. The van der Waals surface area contributed by atoms with Crippen molar-refractivity contribution in [3.63, 3.8) is 0 Å². The van der Waals surface area contributed by atoms with E-state index < -0.39 is 0 Å². The number of likely N-dealkylation sites (tertiary alicyclic amines) is 1. The topological polar surface area (TPSA) is 92.0 Å². The van der Waals surface area contributed by atoms with Crippen molar-refractivity contribution >= 4 is 16.9 Å². The average molecular weight is 373 g/mol. The van der Waals surface area contributed by atoms with Crippen molar-refractivity contribution < 1.29 is 9.53 Å². The van der Waals surface area contributed by atoms with E-state index in [9.17, 15) is 4.79 Å². The van der Waals surface area contributed by atoms with Crippen molar-refractivity contribution in [3.8, 4) is 11.9 Å². The Morgan fingerprint density at radius 2 is 1.93 bits per heavy atom. The highest BCUT2D eigenvalue weighted by Crippen LogP contribution is 2.21. The molecule has 1 fully saturated rings. The van der Waals surface area contributed by atoms with Crippen LogP contribution in [0.25, 0.3) is 11.0 Å². The summed E-state index contributed by atoms with van der Waals surface area (Å²) in [6.07, 6.45) is 4.83. The number of pyridine rings is 1. The Morgan fingerprint density at radius 3 is 2.71 bits per heavy atom. The molecule has 3 aromatic rings. The fourth-order valence-electron chi connectivity index (χ4n) is 3.31. The Labute approximate surface area is 162 Å². The molecule has 1 aromatic carbocycles. The molecule has 3 heterocycles. The molecule has 1 aliphatic rings. The predicted octanol–water partition coefficient (Wildman–Crippen LogP) is 2.83. The van der Waals surface area contributed by atoms with Crippen molar-refractivity contribution in [2.24, 2.45) is 5.92 Å². The lowest BCUT2D eigenvalue weighted by Gasteiger charge is -2.31. The molecule has 1 aliphatic heterocycles. The van der Waals surface area contributed by atoms with Crippen LogP contribution >= 0.6 is 0 Å². The van der Waals surface area contributed by atoms with E-state index in [1.165, 1.54) is 0 Å². The fourth-order valence-corrected chi connectivity index (χ4v) is 3.31. The van der Waals surface area contributed by atoms with Gasteiger partial charge in [-0.15, -0.1) is 0 Å². The van der Waals surface area contributed by atoms with Crippen LogP contribution in [-0.2, 0) is 0 Å². The number of hydrogen-bond donors (Lipinski definition) is 0. The van der Waals surface area contributed by atoms with Gasteiger partial charge in [0, 0.05) is 19.3 Å². The molecule has 2 aromatic heterocycles. The van der Waals surface area contributed by atoms with E-state index >= 15 is 0 Å². The molecule has 0 unspecified atom stereocenters. The van der Waals surface area contributed by atoms with E-state index in [1.54, 1.807) is 24.5 Å².